The van der Waals surface area contributed by atoms with Gasteiger partial charge in [-0.25, -0.2) is 0 Å². The van der Waals surface area contributed by atoms with Gasteiger partial charge in [0.2, 0.25) is 0 Å². The van der Waals surface area contributed by atoms with Crippen molar-refractivity contribution in [3.8, 4) is 0 Å². The van der Waals surface area contributed by atoms with Gasteiger partial charge < -0.3 is 9.59 Å². The molecule has 0 aliphatic carbocycles. The molecule has 262 valence electrons. The molecule has 0 fully saturated rings. The molecule has 0 saturated carbocycles. The van der Waals surface area contributed by atoms with Crippen LogP contribution in [-0.4, -0.2) is 11.6 Å². The van der Waals surface area contributed by atoms with E-state index in [9.17, 15) is 9.59 Å². The van der Waals surface area contributed by atoms with E-state index in [0.717, 1.165) is 0 Å². The van der Waals surface area contributed by atoms with Crippen LogP contribution in [0.15, 0.2) is 206 Å². The third kappa shape index (κ3) is 14.2. The molecule has 1 radical (unpaired) electrons. The van der Waals surface area contributed by atoms with E-state index >= 15 is 0 Å². The minimum absolute atomic E-state index is 0. The number of hydrogen-bond donors (Lipinski definition) is 0. The van der Waals surface area contributed by atoms with E-state index in [4.69, 9.17) is 0 Å². The monoisotopic (exact) mass is 897 g/mol. The van der Waals surface area contributed by atoms with Crippen molar-refractivity contribution in [2.75, 3.05) is 0 Å². The maximum Gasteiger partial charge on any atom is 0.102 e. The van der Waals surface area contributed by atoms with Crippen LogP contribution in [0.4, 0.5) is 0 Å². The number of benzene rings is 7. The first-order valence-electron chi connectivity index (χ1n) is 16.9. The van der Waals surface area contributed by atoms with Gasteiger partial charge in [0.1, 0.15) is 37.6 Å². The van der Waals surface area contributed by atoms with Crippen molar-refractivity contribution in [3.63, 3.8) is 0 Å². The van der Waals surface area contributed by atoms with Crippen molar-refractivity contribution in [1.82, 2.24) is 0 Å². The first-order valence-corrected chi connectivity index (χ1v) is 19.9. The van der Waals surface area contributed by atoms with Crippen LogP contribution in [0, 0.1) is 6.07 Å². The zero-order chi connectivity index (χ0) is 36.1. The molecule has 5 heteroatoms. The first kappa shape index (κ1) is 41.8. The number of ketones is 2. The van der Waals surface area contributed by atoms with Crippen molar-refractivity contribution in [2.45, 2.75) is 20.8 Å². The Morgan fingerprint density at radius 1 is 0.365 bits per heavy atom. The molecule has 0 aliphatic rings. The van der Waals surface area contributed by atoms with Crippen molar-refractivity contribution >= 4 is 59.2 Å². The molecule has 7 aromatic rings. The van der Waals surface area contributed by atoms with Crippen molar-refractivity contribution < 1.29 is 29.7 Å². The van der Waals surface area contributed by atoms with Crippen molar-refractivity contribution in [3.05, 3.63) is 218 Å². The largest absolute Gasteiger partial charge is 0.102 e. The van der Waals surface area contributed by atoms with Gasteiger partial charge in [0.25, 0.3) is 0 Å². The molecule has 0 amide bonds. The van der Waals surface area contributed by atoms with Crippen LogP contribution in [0.25, 0.3) is 0 Å². The molecule has 7 rings (SSSR count). The second kappa shape index (κ2) is 23.8. The summed E-state index contributed by atoms with van der Waals surface area (Å²) in [4.78, 5) is 20.1. The quantitative estimate of drug-likeness (QED) is 0.0917. The summed E-state index contributed by atoms with van der Waals surface area (Å²) in [6.07, 6.45) is 0. The van der Waals surface area contributed by atoms with E-state index in [2.05, 4.69) is 188 Å². The summed E-state index contributed by atoms with van der Waals surface area (Å²) in [7, 11) is -1.75. The van der Waals surface area contributed by atoms with Crippen molar-refractivity contribution in [1.29, 1.82) is 0 Å². The van der Waals surface area contributed by atoms with Gasteiger partial charge in [-0.05, 0) is 93.6 Å². The molecule has 2 nitrogen and oxygen atoms in total. The number of Topliss-reactive ketones (excluding diaryl/α,β-unsaturated/α-hetero) is 2. The van der Waals surface area contributed by atoms with Crippen LogP contribution in [-0.2, 0) is 24.9 Å². The summed E-state index contributed by atoms with van der Waals surface area (Å²) in [6, 6.07) is 75.0. The predicted molar refractivity (Wildman–Crippen MR) is 226 cm³/mol. The van der Waals surface area contributed by atoms with Gasteiger partial charge in [0.05, 0.1) is 21.6 Å². The molecule has 0 heterocycles. The van der Waals surface area contributed by atoms with E-state index in [1.165, 1.54) is 52.6 Å². The minimum Gasteiger partial charge on any atom is -0.0620 e. The molecular formula is C47H46IrO2P2+3. The molecule has 0 saturated heterocycles. The Morgan fingerprint density at radius 3 is 0.731 bits per heavy atom. The zero-order valence-electron chi connectivity index (χ0n) is 29.8. The third-order valence-corrected chi connectivity index (χ3v) is 12.9. The molecule has 52 heavy (non-hydrogen) atoms. The Labute approximate surface area is 325 Å². The summed E-state index contributed by atoms with van der Waals surface area (Å²) in [6.45, 7) is 4.59. The van der Waals surface area contributed by atoms with E-state index in [-0.39, 0.29) is 31.7 Å². The molecule has 0 unspecified atom stereocenters. The van der Waals surface area contributed by atoms with Gasteiger partial charge in [-0.2, -0.15) is 0 Å². The summed E-state index contributed by atoms with van der Waals surface area (Å²) < 4.78 is 0. The van der Waals surface area contributed by atoms with Crippen molar-refractivity contribution in [2.24, 2.45) is 0 Å². The molecule has 0 bridgehead atoms. The third-order valence-electron chi connectivity index (χ3n) is 7.46. The molecule has 0 N–H and O–H groups in total. The van der Waals surface area contributed by atoms with Crippen LogP contribution < -0.4 is 31.8 Å². The second-order valence-electron chi connectivity index (χ2n) is 11.7. The smallest absolute Gasteiger partial charge is 0.0620 e. The van der Waals surface area contributed by atoms with Crippen LogP contribution in [0.3, 0.4) is 0 Å². The van der Waals surface area contributed by atoms with Crippen LogP contribution in [0.1, 0.15) is 31.1 Å². The Kier molecular flexibility index (Phi) is 19.1. The molecule has 0 spiro atoms. The summed E-state index contributed by atoms with van der Waals surface area (Å²) in [5.41, 5.74) is 0.650. The second-order valence-corrected chi connectivity index (χ2v) is 16.7. The van der Waals surface area contributed by atoms with E-state index in [0.29, 0.717) is 5.56 Å². The summed E-state index contributed by atoms with van der Waals surface area (Å²) in [5.74, 6) is 0.232. The molecular weight excluding hydrogens is 851 g/mol. The normalized spacial score (nSPS) is 9.79. The standard InChI is InChI=1S/2C18H15P.C8H7O.C3H6O.Ir.H/c2*1-4-10-16(11-5-1)19(17-12-6-2-7-13-17)18-14-8-3-9-15-18;1-7(9)8-5-3-2-4-6-8;1-3(2)4;;/h2*1-15H;2-5H,1H3;1-2H3;;/q;;-1;;+2;/p+2. The molecule has 7 aromatic carbocycles. The first-order chi connectivity index (χ1) is 24.9. The molecule has 0 aromatic heterocycles. The van der Waals surface area contributed by atoms with Crippen LogP contribution >= 0.6 is 15.8 Å². The van der Waals surface area contributed by atoms with Gasteiger partial charge >= 0.3 is 20.1 Å². The maximum absolute atomic E-state index is 10.6. The Morgan fingerprint density at radius 2 is 0.577 bits per heavy atom. The SMILES string of the molecule is CC(=O)c1[c-]cccc1.CC(C)=O.[IrH+2].c1ccc([PH+](c2ccccc2)c2ccccc2)cc1.c1ccc([PH+](c2ccccc2)c2ccccc2)cc1. The average molecular weight is 897 g/mol. The Hall–Kier alpha value is -4.61. The van der Waals surface area contributed by atoms with Gasteiger partial charge in [0.15, 0.2) is 0 Å². The predicted octanol–water partition coefficient (Wildman–Crippen LogP) is 8.37. The van der Waals surface area contributed by atoms with Crippen LogP contribution in [0.2, 0.25) is 0 Å². The number of carbonyl (C=O) groups excluding carboxylic acids is 2. The van der Waals surface area contributed by atoms with E-state index in [1.54, 1.807) is 12.1 Å². The Bertz CT molecular complexity index is 1670. The van der Waals surface area contributed by atoms with Gasteiger partial charge in [-0.1, -0.05) is 109 Å². The summed E-state index contributed by atoms with van der Waals surface area (Å²) >= 11 is 0. The summed E-state index contributed by atoms with van der Waals surface area (Å²) in [5, 5.41) is 8.61. The fourth-order valence-corrected chi connectivity index (χ4v) is 10.4. The number of carbonyl (C=O) groups is 2. The topological polar surface area (TPSA) is 34.1 Å². The van der Waals surface area contributed by atoms with Gasteiger partial charge in [0, 0.05) is 0 Å². The number of hydrogen-bond acceptors (Lipinski definition) is 2. The maximum atomic E-state index is 10.6. The Balaban J connectivity index is 0.000000209. The van der Waals surface area contributed by atoms with Gasteiger partial charge in [-0.3, -0.25) is 0 Å². The average Bonchev–Trinajstić information content (AvgIpc) is 3.18. The fourth-order valence-electron chi connectivity index (χ4n) is 5.24. The van der Waals surface area contributed by atoms with Gasteiger partial charge in [-0.15, -0.1) is 35.9 Å². The number of rotatable bonds is 7. The van der Waals surface area contributed by atoms with E-state index < -0.39 is 15.8 Å². The zero-order valence-corrected chi connectivity index (χ0v) is 34.3. The fraction of sp³-hybridized carbons (Fsp3) is 0.0638. The van der Waals surface area contributed by atoms with Crippen LogP contribution in [0.5, 0.6) is 0 Å². The minimum atomic E-state index is -0.877. The molecule has 0 atom stereocenters. The van der Waals surface area contributed by atoms with E-state index in [1.807, 2.05) is 12.1 Å². The molecule has 0 aliphatic heterocycles.